The van der Waals surface area contributed by atoms with E-state index >= 15 is 0 Å². The molecule has 1 aliphatic carbocycles. The third-order valence-corrected chi connectivity index (χ3v) is 5.52. The summed E-state index contributed by atoms with van der Waals surface area (Å²) in [6, 6.07) is 15.2. The van der Waals surface area contributed by atoms with Gasteiger partial charge in [-0.15, -0.1) is 0 Å². The Morgan fingerprint density at radius 1 is 1.14 bits per heavy atom. The van der Waals surface area contributed by atoms with Crippen LogP contribution in [0.15, 0.2) is 48.5 Å². The lowest BCUT2D eigenvalue weighted by atomic mass is 9.92. The van der Waals surface area contributed by atoms with E-state index in [0.717, 1.165) is 36.0 Å². The van der Waals surface area contributed by atoms with Crippen LogP contribution < -0.4 is 10.6 Å². The Kier molecular flexibility index (Phi) is 6.93. The Balaban J connectivity index is 1.52. The molecule has 0 aromatic heterocycles. The molecule has 3 rings (SSSR count). The summed E-state index contributed by atoms with van der Waals surface area (Å²) in [6.07, 6.45) is 3.97. The molecule has 2 aromatic carbocycles. The van der Waals surface area contributed by atoms with Crippen LogP contribution in [0, 0.1) is 0 Å². The van der Waals surface area contributed by atoms with Gasteiger partial charge in [0.1, 0.15) is 5.75 Å². The van der Waals surface area contributed by atoms with Crippen LogP contribution in [0.4, 0.5) is 0 Å². The molecular formula is C24H32N2O3. The number of aliphatic hydroxyl groups is 1. The van der Waals surface area contributed by atoms with Crippen molar-refractivity contribution in [1.29, 1.82) is 0 Å². The van der Waals surface area contributed by atoms with E-state index in [1.54, 1.807) is 24.3 Å². The number of aliphatic hydroxyl groups excluding tert-OH is 1. The molecule has 1 atom stereocenters. The van der Waals surface area contributed by atoms with E-state index < -0.39 is 6.10 Å². The van der Waals surface area contributed by atoms with Crippen LogP contribution in [-0.4, -0.2) is 34.2 Å². The highest BCUT2D eigenvalue weighted by Gasteiger charge is 2.21. The van der Waals surface area contributed by atoms with Gasteiger partial charge in [-0.25, -0.2) is 0 Å². The van der Waals surface area contributed by atoms with Gasteiger partial charge in [-0.3, -0.25) is 4.79 Å². The number of amides is 1. The molecular weight excluding hydrogens is 364 g/mol. The van der Waals surface area contributed by atoms with Crippen molar-refractivity contribution in [3.63, 3.8) is 0 Å². The maximum atomic E-state index is 12.2. The van der Waals surface area contributed by atoms with Crippen molar-refractivity contribution < 1.29 is 15.0 Å². The van der Waals surface area contributed by atoms with Crippen LogP contribution in [0.2, 0.25) is 0 Å². The first-order valence-corrected chi connectivity index (χ1v) is 10.4. The third kappa shape index (κ3) is 6.58. The summed E-state index contributed by atoms with van der Waals surface area (Å²) in [4.78, 5) is 12.2. The quantitative estimate of drug-likeness (QED) is 0.524. The number of carbonyl (C=O) groups excluding carboxylic acids is 1. The number of carbonyl (C=O) groups is 1. The standard InChI is InChI=1S/C24H32N2O3/c1-24(2,25-16-22(28)19-9-11-21(27)12-10-19)15-18-6-3-5-17(13-18)14-23(29)26-20-7-4-8-20/h3,5-6,9-13,20,22,25,27-28H,4,7-8,14-16H2,1-2H3,(H,26,29). The smallest absolute Gasteiger partial charge is 0.224 e. The molecule has 1 unspecified atom stereocenters. The second-order valence-corrected chi connectivity index (χ2v) is 8.74. The monoisotopic (exact) mass is 396 g/mol. The Hall–Kier alpha value is -2.37. The molecule has 1 aliphatic rings. The van der Waals surface area contributed by atoms with Crippen molar-refractivity contribution in [3.05, 3.63) is 65.2 Å². The first-order chi connectivity index (χ1) is 13.8. The fraction of sp³-hybridized carbons (Fsp3) is 0.458. The molecule has 0 saturated heterocycles. The van der Waals surface area contributed by atoms with Crippen molar-refractivity contribution in [3.8, 4) is 5.75 Å². The molecule has 0 radical (unpaired) electrons. The van der Waals surface area contributed by atoms with Gasteiger partial charge in [0.25, 0.3) is 0 Å². The SMILES string of the molecule is CC(C)(Cc1cccc(CC(=O)NC2CCC2)c1)NCC(O)c1ccc(O)cc1. The minimum Gasteiger partial charge on any atom is -0.508 e. The molecule has 0 aliphatic heterocycles. The van der Waals surface area contributed by atoms with Gasteiger partial charge in [-0.2, -0.15) is 0 Å². The van der Waals surface area contributed by atoms with E-state index in [1.165, 1.54) is 6.42 Å². The van der Waals surface area contributed by atoms with E-state index in [2.05, 4.69) is 36.6 Å². The van der Waals surface area contributed by atoms with Gasteiger partial charge < -0.3 is 20.8 Å². The molecule has 5 heteroatoms. The average Bonchev–Trinajstić information content (AvgIpc) is 2.63. The van der Waals surface area contributed by atoms with Gasteiger partial charge >= 0.3 is 0 Å². The maximum absolute atomic E-state index is 12.2. The Morgan fingerprint density at radius 2 is 1.83 bits per heavy atom. The van der Waals surface area contributed by atoms with Crippen LogP contribution in [0.1, 0.15) is 55.9 Å². The predicted octanol–water partition coefficient (Wildman–Crippen LogP) is 3.25. The molecule has 2 aromatic rings. The summed E-state index contributed by atoms with van der Waals surface area (Å²) in [5, 5.41) is 26.3. The molecule has 1 fully saturated rings. The van der Waals surface area contributed by atoms with Crippen molar-refractivity contribution in [2.24, 2.45) is 0 Å². The Labute approximate surface area is 173 Å². The number of phenols is 1. The summed E-state index contributed by atoms with van der Waals surface area (Å²) in [5.41, 5.74) is 2.74. The average molecular weight is 397 g/mol. The number of aromatic hydroxyl groups is 1. The number of nitrogens with one attached hydrogen (secondary N) is 2. The van der Waals surface area contributed by atoms with E-state index in [9.17, 15) is 15.0 Å². The van der Waals surface area contributed by atoms with Crippen molar-refractivity contribution in [2.45, 2.75) is 63.6 Å². The summed E-state index contributed by atoms with van der Waals surface area (Å²) in [7, 11) is 0. The van der Waals surface area contributed by atoms with E-state index in [1.807, 2.05) is 12.1 Å². The number of phenolic OH excluding ortho intramolecular Hbond substituents is 1. The zero-order chi connectivity index (χ0) is 20.9. The Morgan fingerprint density at radius 3 is 2.48 bits per heavy atom. The highest BCUT2D eigenvalue weighted by Crippen LogP contribution is 2.20. The highest BCUT2D eigenvalue weighted by molar-refractivity contribution is 5.79. The van der Waals surface area contributed by atoms with Gasteiger partial charge in [0.05, 0.1) is 12.5 Å². The van der Waals surface area contributed by atoms with Crippen LogP contribution in [0.5, 0.6) is 5.75 Å². The maximum Gasteiger partial charge on any atom is 0.224 e. The molecule has 1 amide bonds. The topological polar surface area (TPSA) is 81.6 Å². The molecule has 0 bridgehead atoms. The molecule has 4 N–H and O–H groups in total. The van der Waals surface area contributed by atoms with Crippen LogP contribution in [0.3, 0.4) is 0 Å². The van der Waals surface area contributed by atoms with E-state index in [4.69, 9.17) is 0 Å². The minimum atomic E-state index is -0.642. The lowest BCUT2D eigenvalue weighted by Gasteiger charge is -2.28. The zero-order valence-electron chi connectivity index (χ0n) is 17.3. The second-order valence-electron chi connectivity index (χ2n) is 8.74. The van der Waals surface area contributed by atoms with Gasteiger partial charge in [-0.1, -0.05) is 36.4 Å². The predicted molar refractivity (Wildman–Crippen MR) is 115 cm³/mol. The molecule has 29 heavy (non-hydrogen) atoms. The summed E-state index contributed by atoms with van der Waals surface area (Å²) < 4.78 is 0. The van der Waals surface area contributed by atoms with Gasteiger partial charge in [0.2, 0.25) is 5.91 Å². The summed E-state index contributed by atoms with van der Waals surface area (Å²) in [6.45, 7) is 4.63. The Bertz CT molecular complexity index is 813. The van der Waals surface area contributed by atoms with Crippen LogP contribution in [-0.2, 0) is 17.6 Å². The number of benzene rings is 2. The number of rotatable bonds is 9. The fourth-order valence-electron chi connectivity index (χ4n) is 3.63. The first kappa shape index (κ1) is 21.3. The van der Waals surface area contributed by atoms with Gasteiger partial charge in [0.15, 0.2) is 0 Å². The largest absolute Gasteiger partial charge is 0.508 e. The van der Waals surface area contributed by atoms with Gasteiger partial charge in [0, 0.05) is 18.1 Å². The normalized spacial score (nSPS) is 15.6. The van der Waals surface area contributed by atoms with E-state index in [0.29, 0.717) is 19.0 Å². The van der Waals surface area contributed by atoms with Gasteiger partial charge in [-0.05, 0) is 68.4 Å². The van der Waals surface area contributed by atoms with Crippen molar-refractivity contribution in [2.75, 3.05) is 6.54 Å². The number of hydrogen-bond acceptors (Lipinski definition) is 4. The first-order valence-electron chi connectivity index (χ1n) is 10.4. The third-order valence-electron chi connectivity index (χ3n) is 5.52. The number of hydrogen-bond donors (Lipinski definition) is 4. The van der Waals surface area contributed by atoms with E-state index in [-0.39, 0.29) is 17.2 Å². The summed E-state index contributed by atoms with van der Waals surface area (Å²) in [5.74, 6) is 0.289. The summed E-state index contributed by atoms with van der Waals surface area (Å²) >= 11 is 0. The van der Waals surface area contributed by atoms with Crippen molar-refractivity contribution in [1.82, 2.24) is 10.6 Å². The second kappa shape index (κ2) is 9.42. The zero-order valence-corrected chi connectivity index (χ0v) is 17.3. The molecule has 5 nitrogen and oxygen atoms in total. The van der Waals surface area contributed by atoms with Crippen LogP contribution >= 0.6 is 0 Å². The molecule has 156 valence electrons. The molecule has 0 spiro atoms. The lowest BCUT2D eigenvalue weighted by Crippen LogP contribution is -2.43. The van der Waals surface area contributed by atoms with Crippen molar-refractivity contribution >= 4 is 5.91 Å². The number of β-amino-alcohol motifs (C(OH)–C–C–N with tert-alkyl or cyclic N) is 1. The molecule has 0 heterocycles. The highest BCUT2D eigenvalue weighted by atomic mass is 16.3. The lowest BCUT2D eigenvalue weighted by molar-refractivity contribution is -0.121. The molecule has 1 saturated carbocycles. The fourth-order valence-corrected chi connectivity index (χ4v) is 3.63. The minimum absolute atomic E-state index is 0.0984. The van der Waals surface area contributed by atoms with Crippen LogP contribution in [0.25, 0.3) is 0 Å².